The number of hydrogen-bond donors (Lipinski definition) is 0. The van der Waals surface area contributed by atoms with Crippen molar-refractivity contribution in [3.63, 3.8) is 0 Å². The summed E-state index contributed by atoms with van der Waals surface area (Å²) in [6.07, 6.45) is -0.927. The summed E-state index contributed by atoms with van der Waals surface area (Å²) in [5.41, 5.74) is -0.854. The van der Waals surface area contributed by atoms with Gasteiger partial charge in [0.2, 0.25) is 5.91 Å². The molecule has 0 fully saturated rings. The molecule has 3 nitrogen and oxygen atoms in total. The molecule has 0 bridgehead atoms. The lowest BCUT2D eigenvalue weighted by Crippen LogP contribution is -2.54. The minimum Gasteiger partial charge on any atom is -0.361 e. The molecule has 0 N–H and O–H groups in total. The number of allylic oxidation sites excluding steroid dienone is 2. The van der Waals surface area contributed by atoms with E-state index in [1.165, 1.54) is 26.0 Å². The predicted octanol–water partition coefficient (Wildman–Crippen LogP) is 3.25. The van der Waals surface area contributed by atoms with Crippen LogP contribution in [0.15, 0.2) is 23.8 Å². The zero-order valence-corrected chi connectivity index (χ0v) is 12.3. The summed E-state index contributed by atoms with van der Waals surface area (Å²) < 4.78 is 44.5. The van der Waals surface area contributed by atoms with E-state index in [0.717, 1.165) is 11.0 Å². The Morgan fingerprint density at radius 2 is 2.15 bits per heavy atom. The van der Waals surface area contributed by atoms with Crippen LogP contribution in [0.4, 0.5) is 13.2 Å². The first-order chi connectivity index (χ1) is 9.11. The summed E-state index contributed by atoms with van der Waals surface area (Å²) in [5.74, 6) is -0.527. The Morgan fingerprint density at radius 3 is 2.60 bits per heavy atom. The molecular weight excluding hydrogens is 295 g/mol. The molecule has 2 atom stereocenters. The van der Waals surface area contributed by atoms with Crippen molar-refractivity contribution in [2.45, 2.75) is 37.9 Å². The van der Waals surface area contributed by atoms with E-state index in [-0.39, 0.29) is 13.3 Å². The highest BCUT2D eigenvalue weighted by Crippen LogP contribution is 2.41. The van der Waals surface area contributed by atoms with Crippen LogP contribution in [-0.4, -0.2) is 41.2 Å². The summed E-state index contributed by atoms with van der Waals surface area (Å²) in [6.45, 7) is 4.38. The van der Waals surface area contributed by atoms with Crippen LogP contribution >= 0.6 is 11.6 Å². The summed E-state index contributed by atoms with van der Waals surface area (Å²) in [6, 6.07) is -1.32. The summed E-state index contributed by atoms with van der Waals surface area (Å²) in [5, 5.41) is 0. The standard InChI is InChI=1S/C13H17ClF3NO2/c1-4-20-8-18(9(2)19)11-10(13(15,16)17)6-5-7-12(11,3)14/h5-7,11H,4,8H2,1-3H3. The van der Waals surface area contributed by atoms with Crippen molar-refractivity contribution in [1.29, 1.82) is 0 Å². The van der Waals surface area contributed by atoms with Crippen molar-refractivity contribution < 1.29 is 22.7 Å². The van der Waals surface area contributed by atoms with Gasteiger partial charge in [0.25, 0.3) is 0 Å². The number of carbonyl (C=O) groups excluding carboxylic acids is 1. The highest BCUT2D eigenvalue weighted by atomic mass is 35.5. The maximum absolute atomic E-state index is 13.1. The quantitative estimate of drug-likeness (QED) is 0.589. The zero-order valence-electron chi connectivity index (χ0n) is 11.5. The molecule has 7 heteroatoms. The lowest BCUT2D eigenvalue weighted by atomic mass is 9.87. The molecule has 0 saturated heterocycles. The van der Waals surface area contributed by atoms with Crippen molar-refractivity contribution in [3.05, 3.63) is 23.8 Å². The number of halogens is 4. The highest BCUT2D eigenvalue weighted by molar-refractivity contribution is 6.26. The van der Waals surface area contributed by atoms with Gasteiger partial charge in [-0.3, -0.25) is 4.79 Å². The lowest BCUT2D eigenvalue weighted by Gasteiger charge is -2.41. The van der Waals surface area contributed by atoms with E-state index < -0.39 is 28.6 Å². The molecule has 20 heavy (non-hydrogen) atoms. The summed E-state index contributed by atoms with van der Waals surface area (Å²) in [4.78, 5) is 11.3. The summed E-state index contributed by atoms with van der Waals surface area (Å²) in [7, 11) is 0. The normalized spacial score (nSPS) is 26.4. The van der Waals surface area contributed by atoms with Gasteiger partial charge in [-0.15, -0.1) is 11.6 Å². The SMILES string of the molecule is CCOCN(C(C)=O)C1C(C(F)(F)F)=CC=CC1(C)Cl. The van der Waals surface area contributed by atoms with Crippen LogP contribution in [0.25, 0.3) is 0 Å². The molecule has 1 aliphatic rings. The number of carbonyl (C=O) groups is 1. The van der Waals surface area contributed by atoms with Gasteiger partial charge in [0.15, 0.2) is 0 Å². The molecule has 114 valence electrons. The third-order valence-electron chi connectivity index (χ3n) is 3.01. The smallest absolute Gasteiger partial charge is 0.361 e. The molecule has 0 saturated carbocycles. The first-order valence-corrected chi connectivity index (χ1v) is 6.49. The molecule has 0 heterocycles. The van der Waals surface area contributed by atoms with Crippen LogP contribution < -0.4 is 0 Å². The molecule has 1 amide bonds. The fourth-order valence-electron chi connectivity index (χ4n) is 2.09. The molecule has 0 aliphatic heterocycles. The second-order valence-corrected chi connectivity index (χ2v) is 5.46. The van der Waals surface area contributed by atoms with Crippen molar-refractivity contribution in [3.8, 4) is 0 Å². The number of rotatable bonds is 4. The van der Waals surface area contributed by atoms with Crippen molar-refractivity contribution in [1.82, 2.24) is 4.90 Å². The van der Waals surface area contributed by atoms with Crippen LogP contribution in [0.3, 0.4) is 0 Å². The average molecular weight is 312 g/mol. The number of amides is 1. The molecule has 2 unspecified atom stereocenters. The van der Waals surface area contributed by atoms with Gasteiger partial charge < -0.3 is 9.64 Å². The monoisotopic (exact) mass is 311 g/mol. The van der Waals surface area contributed by atoms with E-state index in [9.17, 15) is 18.0 Å². The fraction of sp³-hybridized carbons (Fsp3) is 0.615. The third-order valence-corrected chi connectivity index (χ3v) is 3.34. The second-order valence-electron chi connectivity index (χ2n) is 4.64. The minimum atomic E-state index is -4.56. The van der Waals surface area contributed by atoms with Gasteiger partial charge >= 0.3 is 6.18 Å². The Kier molecular flexibility index (Phi) is 5.27. The van der Waals surface area contributed by atoms with Crippen LogP contribution in [0.5, 0.6) is 0 Å². The van der Waals surface area contributed by atoms with Crippen molar-refractivity contribution >= 4 is 17.5 Å². The summed E-state index contributed by atoms with van der Waals surface area (Å²) >= 11 is 6.18. The van der Waals surface area contributed by atoms with E-state index in [1.807, 2.05) is 0 Å². The lowest BCUT2D eigenvalue weighted by molar-refractivity contribution is -0.141. The maximum atomic E-state index is 13.1. The highest BCUT2D eigenvalue weighted by Gasteiger charge is 2.49. The van der Waals surface area contributed by atoms with E-state index in [0.29, 0.717) is 0 Å². The van der Waals surface area contributed by atoms with Crippen molar-refractivity contribution in [2.75, 3.05) is 13.3 Å². The second kappa shape index (κ2) is 6.18. The van der Waals surface area contributed by atoms with Crippen LogP contribution in [-0.2, 0) is 9.53 Å². The topological polar surface area (TPSA) is 29.5 Å². The Hall–Kier alpha value is -1.01. The Morgan fingerprint density at radius 1 is 1.55 bits per heavy atom. The Bertz CT molecular complexity index is 430. The van der Waals surface area contributed by atoms with Crippen LogP contribution in [0.2, 0.25) is 0 Å². The number of nitrogens with zero attached hydrogens (tertiary/aromatic N) is 1. The van der Waals surface area contributed by atoms with E-state index in [2.05, 4.69) is 0 Å². The largest absolute Gasteiger partial charge is 0.414 e. The molecule has 0 radical (unpaired) electrons. The average Bonchev–Trinajstić information content (AvgIpc) is 2.28. The molecule has 1 rings (SSSR count). The minimum absolute atomic E-state index is 0.236. The molecular formula is C13H17ClF3NO2. The van der Waals surface area contributed by atoms with Gasteiger partial charge in [0.1, 0.15) is 6.73 Å². The van der Waals surface area contributed by atoms with Crippen molar-refractivity contribution in [2.24, 2.45) is 0 Å². The first kappa shape index (κ1) is 17.0. The molecule has 0 aromatic heterocycles. The van der Waals surface area contributed by atoms with E-state index in [1.54, 1.807) is 6.92 Å². The van der Waals surface area contributed by atoms with Crippen LogP contribution in [0, 0.1) is 0 Å². The fourth-order valence-corrected chi connectivity index (χ4v) is 2.39. The van der Waals surface area contributed by atoms with Gasteiger partial charge in [-0.1, -0.05) is 18.2 Å². The maximum Gasteiger partial charge on any atom is 0.414 e. The zero-order chi connectivity index (χ0) is 15.6. The van der Waals surface area contributed by atoms with Gasteiger partial charge in [0, 0.05) is 13.5 Å². The van der Waals surface area contributed by atoms with Gasteiger partial charge in [-0.25, -0.2) is 0 Å². The van der Waals surface area contributed by atoms with Gasteiger partial charge in [-0.05, 0) is 13.8 Å². The number of alkyl halides is 4. The number of ether oxygens (including phenoxy) is 1. The molecule has 0 spiro atoms. The van der Waals surface area contributed by atoms with Gasteiger partial charge in [-0.2, -0.15) is 13.2 Å². The predicted molar refractivity (Wildman–Crippen MR) is 70.3 cm³/mol. The third kappa shape index (κ3) is 3.76. The van der Waals surface area contributed by atoms with E-state index >= 15 is 0 Å². The molecule has 1 aliphatic carbocycles. The van der Waals surface area contributed by atoms with Gasteiger partial charge in [0.05, 0.1) is 16.5 Å². The van der Waals surface area contributed by atoms with Crippen LogP contribution in [0.1, 0.15) is 20.8 Å². The number of hydrogen-bond acceptors (Lipinski definition) is 2. The Balaban J connectivity index is 3.21. The first-order valence-electron chi connectivity index (χ1n) is 6.11. The van der Waals surface area contributed by atoms with E-state index in [4.69, 9.17) is 16.3 Å². The molecule has 0 aromatic carbocycles. The Labute approximate surface area is 121 Å². The molecule has 0 aromatic rings.